The molecule has 0 bridgehead atoms. The molecule has 0 radical (unpaired) electrons. The zero-order valence-corrected chi connectivity index (χ0v) is 12.6. The van der Waals surface area contributed by atoms with Gasteiger partial charge in [0.1, 0.15) is 0 Å². The van der Waals surface area contributed by atoms with Gasteiger partial charge in [-0.25, -0.2) is 0 Å². The lowest BCUT2D eigenvalue weighted by molar-refractivity contribution is -0.0969. The molecular formula is C16H28N2O. The van der Waals surface area contributed by atoms with Gasteiger partial charge in [0.15, 0.2) is 0 Å². The van der Waals surface area contributed by atoms with Crippen molar-refractivity contribution in [1.82, 2.24) is 5.32 Å². The largest absolute Gasteiger partial charge is 0.387 e. The van der Waals surface area contributed by atoms with Crippen LogP contribution in [0.2, 0.25) is 0 Å². The van der Waals surface area contributed by atoms with E-state index in [0.29, 0.717) is 17.9 Å². The van der Waals surface area contributed by atoms with Crippen LogP contribution in [0, 0.1) is 28.1 Å². The molecule has 1 heterocycles. The van der Waals surface area contributed by atoms with Crippen molar-refractivity contribution >= 4 is 0 Å². The summed E-state index contributed by atoms with van der Waals surface area (Å²) in [7, 11) is 0. The van der Waals surface area contributed by atoms with Gasteiger partial charge >= 0.3 is 0 Å². The molecular weight excluding hydrogens is 236 g/mol. The summed E-state index contributed by atoms with van der Waals surface area (Å²) < 4.78 is 0. The second-order valence-corrected chi connectivity index (χ2v) is 7.65. The second kappa shape index (κ2) is 5.07. The molecule has 2 rings (SSSR count). The minimum atomic E-state index is -0.817. The van der Waals surface area contributed by atoms with Crippen molar-refractivity contribution in [3.05, 3.63) is 0 Å². The molecule has 1 saturated carbocycles. The molecule has 1 unspecified atom stereocenters. The molecule has 0 aromatic carbocycles. The zero-order chi connectivity index (χ0) is 14.1. The Morgan fingerprint density at radius 2 is 1.84 bits per heavy atom. The van der Waals surface area contributed by atoms with Gasteiger partial charge < -0.3 is 10.4 Å². The summed E-state index contributed by atoms with van der Waals surface area (Å²) in [6.45, 7) is 8.41. The van der Waals surface area contributed by atoms with Crippen molar-refractivity contribution in [2.45, 2.75) is 64.9 Å². The van der Waals surface area contributed by atoms with Gasteiger partial charge in [-0.1, -0.05) is 20.8 Å². The van der Waals surface area contributed by atoms with Crippen LogP contribution in [0.4, 0.5) is 0 Å². The van der Waals surface area contributed by atoms with Crippen molar-refractivity contribution < 1.29 is 5.11 Å². The molecule has 2 aliphatic rings. The van der Waals surface area contributed by atoms with E-state index in [1.54, 1.807) is 0 Å². The summed E-state index contributed by atoms with van der Waals surface area (Å²) in [5, 5.41) is 23.9. The van der Waals surface area contributed by atoms with E-state index in [1.807, 2.05) is 0 Å². The third kappa shape index (κ3) is 2.66. The van der Waals surface area contributed by atoms with Gasteiger partial charge in [-0.05, 0) is 56.4 Å². The number of nitrogens with zero attached hydrogens (tertiary/aromatic N) is 1. The third-order valence-corrected chi connectivity index (χ3v) is 5.53. The molecule has 19 heavy (non-hydrogen) atoms. The van der Waals surface area contributed by atoms with Crippen LogP contribution in [0.3, 0.4) is 0 Å². The van der Waals surface area contributed by atoms with Crippen LogP contribution in [-0.4, -0.2) is 23.8 Å². The highest BCUT2D eigenvalue weighted by Crippen LogP contribution is 2.51. The van der Waals surface area contributed by atoms with Crippen molar-refractivity contribution in [3.8, 4) is 6.07 Å². The Labute approximate surface area is 117 Å². The van der Waals surface area contributed by atoms with Crippen LogP contribution in [0.25, 0.3) is 0 Å². The number of rotatable bonds is 1. The van der Waals surface area contributed by atoms with Gasteiger partial charge in [0.25, 0.3) is 0 Å². The van der Waals surface area contributed by atoms with E-state index in [-0.39, 0.29) is 0 Å². The summed E-state index contributed by atoms with van der Waals surface area (Å²) in [4.78, 5) is 0. The minimum Gasteiger partial charge on any atom is -0.387 e. The number of β-amino-alcohol motifs (C(OH)–C–C–N with tert-alkyl or cyclic N) is 1. The van der Waals surface area contributed by atoms with Crippen molar-refractivity contribution in [1.29, 1.82) is 5.26 Å². The average molecular weight is 264 g/mol. The molecule has 2 fully saturated rings. The summed E-state index contributed by atoms with van der Waals surface area (Å²) >= 11 is 0. The Hall–Kier alpha value is -0.590. The maximum Gasteiger partial charge on any atom is 0.0957 e. The van der Waals surface area contributed by atoms with E-state index in [1.165, 1.54) is 0 Å². The smallest absolute Gasteiger partial charge is 0.0957 e. The van der Waals surface area contributed by atoms with Crippen molar-refractivity contribution in [3.63, 3.8) is 0 Å². The highest BCUT2D eigenvalue weighted by Gasteiger charge is 2.53. The molecule has 3 heteroatoms. The van der Waals surface area contributed by atoms with E-state index < -0.39 is 11.0 Å². The number of hydrogen-bond donors (Lipinski definition) is 2. The van der Waals surface area contributed by atoms with Crippen LogP contribution < -0.4 is 5.32 Å². The quantitative estimate of drug-likeness (QED) is 0.765. The Morgan fingerprint density at radius 1 is 1.21 bits per heavy atom. The van der Waals surface area contributed by atoms with Crippen LogP contribution in [0.15, 0.2) is 0 Å². The molecule has 1 saturated heterocycles. The molecule has 2 N–H and O–H groups in total. The molecule has 0 aromatic rings. The predicted molar refractivity (Wildman–Crippen MR) is 76.5 cm³/mol. The molecule has 0 amide bonds. The lowest BCUT2D eigenvalue weighted by Gasteiger charge is -2.50. The van der Waals surface area contributed by atoms with Crippen molar-refractivity contribution in [2.24, 2.45) is 16.7 Å². The highest BCUT2D eigenvalue weighted by molar-refractivity contribution is 5.15. The van der Waals surface area contributed by atoms with E-state index in [9.17, 15) is 10.4 Å². The molecule has 1 atom stereocenters. The normalized spacial score (nSPS) is 40.7. The Kier molecular flexibility index (Phi) is 3.95. The topological polar surface area (TPSA) is 56.0 Å². The van der Waals surface area contributed by atoms with Crippen LogP contribution >= 0.6 is 0 Å². The average Bonchev–Trinajstić information content (AvgIpc) is 2.38. The fourth-order valence-electron chi connectivity index (χ4n) is 3.96. The first-order chi connectivity index (χ1) is 8.83. The highest BCUT2D eigenvalue weighted by atomic mass is 16.3. The van der Waals surface area contributed by atoms with Gasteiger partial charge in [-0.3, -0.25) is 0 Å². The molecule has 0 aromatic heterocycles. The van der Waals surface area contributed by atoms with E-state index in [4.69, 9.17) is 0 Å². The monoisotopic (exact) mass is 264 g/mol. The molecule has 1 aliphatic carbocycles. The van der Waals surface area contributed by atoms with E-state index >= 15 is 0 Å². The van der Waals surface area contributed by atoms with Gasteiger partial charge in [0.2, 0.25) is 0 Å². The van der Waals surface area contributed by atoms with Crippen LogP contribution in [-0.2, 0) is 0 Å². The Balaban J connectivity index is 2.12. The predicted octanol–water partition coefficient (Wildman–Crippen LogP) is 2.85. The third-order valence-electron chi connectivity index (χ3n) is 5.53. The zero-order valence-electron chi connectivity index (χ0n) is 12.6. The number of nitrogens with one attached hydrogen (secondary N) is 1. The molecule has 1 aliphatic heterocycles. The van der Waals surface area contributed by atoms with Gasteiger partial charge in [-0.15, -0.1) is 0 Å². The summed E-state index contributed by atoms with van der Waals surface area (Å²) in [6, 6.07) is 2.51. The van der Waals surface area contributed by atoms with Crippen molar-refractivity contribution in [2.75, 3.05) is 13.1 Å². The van der Waals surface area contributed by atoms with Gasteiger partial charge in [-0.2, -0.15) is 5.26 Å². The van der Waals surface area contributed by atoms with E-state index in [0.717, 1.165) is 45.1 Å². The summed E-state index contributed by atoms with van der Waals surface area (Å²) in [5.41, 5.74) is -1.03. The standard InChI is InChI=1S/C16H28N2O/c1-14(2,3)13-5-8-15(11-17,9-6-13)16(19)7-4-10-18-12-16/h13,18-19H,4-10,12H2,1-3H3. The maximum absolute atomic E-state index is 11.0. The number of nitriles is 1. The first-order valence-electron chi connectivity index (χ1n) is 7.67. The molecule has 3 nitrogen and oxygen atoms in total. The van der Waals surface area contributed by atoms with Crippen LogP contribution in [0.1, 0.15) is 59.3 Å². The fraction of sp³-hybridized carbons (Fsp3) is 0.938. The fourth-order valence-corrected chi connectivity index (χ4v) is 3.96. The number of piperidine rings is 1. The van der Waals surface area contributed by atoms with Gasteiger partial charge in [0, 0.05) is 6.54 Å². The Morgan fingerprint density at radius 3 is 2.26 bits per heavy atom. The first kappa shape index (κ1) is 14.8. The van der Waals surface area contributed by atoms with Crippen LogP contribution in [0.5, 0.6) is 0 Å². The van der Waals surface area contributed by atoms with Gasteiger partial charge in [0.05, 0.1) is 17.1 Å². The SMILES string of the molecule is CC(C)(C)C1CCC(C#N)(C2(O)CCCNC2)CC1. The summed E-state index contributed by atoms with van der Waals surface area (Å²) in [5.74, 6) is 0.675. The minimum absolute atomic E-state index is 0.315. The second-order valence-electron chi connectivity index (χ2n) is 7.65. The first-order valence-corrected chi connectivity index (χ1v) is 7.67. The summed E-state index contributed by atoms with van der Waals surface area (Å²) in [6.07, 6.45) is 5.59. The molecule has 108 valence electrons. The number of aliphatic hydroxyl groups is 1. The number of hydrogen-bond acceptors (Lipinski definition) is 3. The maximum atomic E-state index is 11.0. The van der Waals surface area contributed by atoms with E-state index in [2.05, 4.69) is 32.2 Å². The Bertz CT molecular complexity index is 350. The lowest BCUT2D eigenvalue weighted by Crippen LogP contribution is -2.58. The molecule has 0 spiro atoms. The lowest BCUT2D eigenvalue weighted by atomic mass is 9.57.